The normalized spacial score (nSPS) is 17.2. The lowest BCUT2D eigenvalue weighted by atomic mass is 10.0. The van der Waals surface area contributed by atoms with Crippen LogP contribution in [0, 0.1) is 0 Å². The molecule has 1 aliphatic heterocycles. The monoisotopic (exact) mass is 486 g/mol. The van der Waals surface area contributed by atoms with Crippen LogP contribution in [0.25, 0.3) is 5.69 Å². The second-order valence-electron chi connectivity index (χ2n) is 8.01. The summed E-state index contributed by atoms with van der Waals surface area (Å²) in [7, 11) is 4.96. The highest BCUT2D eigenvalue weighted by molar-refractivity contribution is 7.80. The minimum atomic E-state index is -0.223. The van der Waals surface area contributed by atoms with Crippen molar-refractivity contribution < 1.29 is 14.2 Å². The van der Waals surface area contributed by atoms with Crippen LogP contribution in [0.3, 0.4) is 0 Å². The molecule has 0 aliphatic carbocycles. The standard InChI is InChI=1S/C27H26N4O3S/c1-32-18-13-14-21(24(17-18)34-3)31-26(25(29-27(31)35)19-9-6-7-15-28-19)22-11-8-16-30(22)20-10-4-5-12-23(20)33-2/h4-17,25-26H,1-3H3,(H,29,35)/t25-,26+/m1/s1. The smallest absolute Gasteiger partial charge is 0.174 e. The van der Waals surface area contributed by atoms with Crippen LogP contribution in [-0.4, -0.2) is 36.0 Å². The fraction of sp³-hybridized carbons (Fsp3) is 0.185. The van der Waals surface area contributed by atoms with Gasteiger partial charge in [0.25, 0.3) is 0 Å². The number of nitrogens with zero attached hydrogens (tertiary/aromatic N) is 3. The second-order valence-corrected chi connectivity index (χ2v) is 8.40. The summed E-state index contributed by atoms with van der Waals surface area (Å²) < 4.78 is 19.0. The fourth-order valence-electron chi connectivity index (χ4n) is 4.58. The van der Waals surface area contributed by atoms with Crippen LogP contribution in [-0.2, 0) is 0 Å². The molecular weight excluding hydrogens is 460 g/mol. The molecule has 1 fully saturated rings. The van der Waals surface area contributed by atoms with E-state index in [4.69, 9.17) is 26.4 Å². The quantitative estimate of drug-likeness (QED) is 0.366. The van der Waals surface area contributed by atoms with Gasteiger partial charge in [-0.25, -0.2) is 0 Å². The number of benzene rings is 2. The van der Waals surface area contributed by atoms with Gasteiger partial charge in [0.2, 0.25) is 0 Å². The highest BCUT2D eigenvalue weighted by Gasteiger charge is 2.43. The number of para-hydroxylation sites is 2. The fourth-order valence-corrected chi connectivity index (χ4v) is 4.92. The van der Waals surface area contributed by atoms with Gasteiger partial charge in [-0.15, -0.1) is 0 Å². The number of ether oxygens (including phenoxy) is 3. The summed E-state index contributed by atoms with van der Waals surface area (Å²) in [6.07, 6.45) is 3.83. The predicted octanol–water partition coefficient (Wildman–Crippen LogP) is 5.08. The molecule has 7 nitrogen and oxygen atoms in total. The molecule has 0 spiro atoms. The Bertz CT molecular complexity index is 1340. The highest BCUT2D eigenvalue weighted by atomic mass is 32.1. The van der Waals surface area contributed by atoms with Crippen LogP contribution in [0.5, 0.6) is 17.2 Å². The van der Waals surface area contributed by atoms with Gasteiger partial charge in [-0.1, -0.05) is 18.2 Å². The maximum absolute atomic E-state index is 5.89. The van der Waals surface area contributed by atoms with Crippen LogP contribution >= 0.6 is 12.2 Å². The molecule has 0 radical (unpaired) electrons. The molecular formula is C27H26N4O3S. The Balaban J connectivity index is 1.70. The summed E-state index contributed by atoms with van der Waals surface area (Å²) in [5.41, 5.74) is 3.69. The largest absolute Gasteiger partial charge is 0.497 e. The summed E-state index contributed by atoms with van der Waals surface area (Å²) in [5, 5.41) is 4.09. The van der Waals surface area contributed by atoms with Crippen LogP contribution in [0.2, 0.25) is 0 Å². The number of methoxy groups -OCH3 is 3. The molecule has 2 aromatic heterocycles. The Hall–Kier alpha value is -4.04. The van der Waals surface area contributed by atoms with Gasteiger partial charge < -0.3 is 29.0 Å². The maximum atomic E-state index is 5.89. The van der Waals surface area contributed by atoms with Gasteiger partial charge in [-0.3, -0.25) is 4.98 Å². The third kappa shape index (κ3) is 4.06. The van der Waals surface area contributed by atoms with E-state index in [2.05, 4.69) is 25.8 Å². The van der Waals surface area contributed by atoms with Crippen molar-refractivity contribution in [3.8, 4) is 22.9 Å². The Labute approximate surface area is 209 Å². The molecule has 0 amide bonds. The Kier molecular flexibility index (Phi) is 6.29. The van der Waals surface area contributed by atoms with Crippen molar-refractivity contribution in [3.63, 3.8) is 0 Å². The van der Waals surface area contributed by atoms with Crippen LogP contribution in [0.1, 0.15) is 23.5 Å². The van der Waals surface area contributed by atoms with Crippen molar-refractivity contribution in [1.29, 1.82) is 0 Å². The second kappa shape index (κ2) is 9.68. The molecule has 3 heterocycles. The number of hydrogen-bond donors (Lipinski definition) is 1. The van der Waals surface area contributed by atoms with Crippen LogP contribution < -0.4 is 24.4 Å². The van der Waals surface area contributed by atoms with Gasteiger partial charge >= 0.3 is 0 Å². The Morgan fingerprint density at radius 2 is 1.63 bits per heavy atom. The van der Waals surface area contributed by atoms with E-state index in [0.29, 0.717) is 16.6 Å². The van der Waals surface area contributed by atoms with E-state index in [9.17, 15) is 0 Å². The first kappa shape index (κ1) is 22.7. The number of anilines is 1. The van der Waals surface area contributed by atoms with E-state index in [0.717, 1.165) is 28.5 Å². The van der Waals surface area contributed by atoms with Crippen molar-refractivity contribution in [1.82, 2.24) is 14.9 Å². The summed E-state index contributed by atoms with van der Waals surface area (Å²) in [4.78, 5) is 6.75. The zero-order valence-corrected chi connectivity index (χ0v) is 20.5. The van der Waals surface area contributed by atoms with E-state index in [1.165, 1.54) is 0 Å². The van der Waals surface area contributed by atoms with Gasteiger partial charge in [0, 0.05) is 24.2 Å². The number of pyridine rings is 1. The van der Waals surface area contributed by atoms with Crippen LogP contribution in [0.4, 0.5) is 5.69 Å². The van der Waals surface area contributed by atoms with Crippen molar-refractivity contribution in [2.45, 2.75) is 12.1 Å². The number of thiocarbonyl (C=S) groups is 1. The van der Waals surface area contributed by atoms with E-state index in [1.807, 2.05) is 72.9 Å². The number of aromatic nitrogens is 2. The zero-order valence-electron chi connectivity index (χ0n) is 19.7. The van der Waals surface area contributed by atoms with E-state index in [-0.39, 0.29) is 12.1 Å². The van der Waals surface area contributed by atoms with Crippen molar-refractivity contribution in [2.24, 2.45) is 0 Å². The third-order valence-electron chi connectivity index (χ3n) is 6.17. The van der Waals surface area contributed by atoms with Gasteiger partial charge in [-0.2, -0.15) is 0 Å². The van der Waals surface area contributed by atoms with Crippen molar-refractivity contribution >= 4 is 23.0 Å². The zero-order chi connectivity index (χ0) is 24.4. The van der Waals surface area contributed by atoms with Gasteiger partial charge in [0.05, 0.1) is 44.4 Å². The Morgan fingerprint density at radius 3 is 2.37 bits per heavy atom. The molecule has 1 saturated heterocycles. The Morgan fingerprint density at radius 1 is 0.829 bits per heavy atom. The van der Waals surface area contributed by atoms with Gasteiger partial charge in [0.15, 0.2) is 5.11 Å². The van der Waals surface area contributed by atoms with Crippen molar-refractivity contribution in [3.05, 3.63) is 96.6 Å². The molecule has 2 atom stereocenters. The minimum absolute atomic E-state index is 0.195. The van der Waals surface area contributed by atoms with Gasteiger partial charge in [0.1, 0.15) is 23.3 Å². The molecule has 178 valence electrons. The van der Waals surface area contributed by atoms with Crippen molar-refractivity contribution in [2.75, 3.05) is 26.2 Å². The maximum Gasteiger partial charge on any atom is 0.174 e. The molecule has 35 heavy (non-hydrogen) atoms. The SMILES string of the molecule is COc1ccc(N2C(=S)N[C@H](c3ccccn3)[C@@H]2c2cccn2-c2ccccc2OC)c(OC)c1. The first-order valence-electron chi connectivity index (χ1n) is 11.2. The molecule has 5 rings (SSSR count). The van der Waals surface area contributed by atoms with E-state index >= 15 is 0 Å². The molecule has 0 bridgehead atoms. The molecule has 0 saturated carbocycles. The topological polar surface area (TPSA) is 60.8 Å². The molecule has 1 N–H and O–H groups in total. The third-order valence-corrected chi connectivity index (χ3v) is 6.49. The summed E-state index contributed by atoms with van der Waals surface area (Å²) >= 11 is 5.89. The highest BCUT2D eigenvalue weighted by Crippen LogP contribution is 2.46. The number of rotatable bonds is 7. The lowest BCUT2D eigenvalue weighted by Crippen LogP contribution is -2.30. The number of nitrogens with one attached hydrogen (secondary N) is 1. The molecule has 4 aromatic rings. The first-order chi connectivity index (χ1) is 17.2. The molecule has 8 heteroatoms. The van der Waals surface area contributed by atoms with E-state index < -0.39 is 0 Å². The average Bonchev–Trinajstić information content (AvgIpc) is 3.52. The number of hydrogen-bond acceptors (Lipinski definition) is 5. The summed E-state index contributed by atoms with van der Waals surface area (Å²) in [6, 6.07) is 23.3. The molecule has 0 unspecified atom stereocenters. The lowest BCUT2D eigenvalue weighted by molar-refractivity contribution is 0.394. The first-order valence-corrected chi connectivity index (χ1v) is 11.6. The average molecular weight is 487 g/mol. The minimum Gasteiger partial charge on any atom is -0.497 e. The predicted molar refractivity (Wildman–Crippen MR) is 140 cm³/mol. The van der Waals surface area contributed by atoms with Gasteiger partial charge in [-0.05, 0) is 60.7 Å². The summed E-state index contributed by atoms with van der Waals surface area (Å²) in [6.45, 7) is 0. The molecule has 2 aromatic carbocycles. The molecule has 1 aliphatic rings. The van der Waals surface area contributed by atoms with Crippen LogP contribution in [0.15, 0.2) is 85.2 Å². The lowest BCUT2D eigenvalue weighted by Gasteiger charge is -2.30. The summed E-state index contributed by atoms with van der Waals surface area (Å²) in [5.74, 6) is 2.15. The van der Waals surface area contributed by atoms with E-state index in [1.54, 1.807) is 27.5 Å².